The topological polar surface area (TPSA) is 134 Å². The molecule has 0 aliphatic rings. The average molecular weight is 362 g/mol. The van der Waals surface area contributed by atoms with Gasteiger partial charge in [-0.25, -0.2) is 9.59 Å². The normalized spacial score (nSPS) is 8.35. The summed E-state index contributed by atoms with van der Waals surface area (Å²) in [7, 11) is 0. The Balaban J connectivity index is -0.000000122. The van der Waals surface area contributed by atoms with Gasteiger partial charge in [0.1, 0.15) is 0 Å². The molecule has 132 valence electrons. The van der Waals surface area contributed by atoms with Crippen LogP contribution < -0.4 is 0 Å². The predicted molar refractivity (Wildman–Crippen MR) is 87.9 cm³/mol. The SMILES string of the molecule is C=C(C)C(=O)O.C=C(C)C(=O)O.OCCOCCOCCO.[KH]. The van der Waals surface area contributed by atoms with Gasteiger partial charge in [-0.2, -0.15) is 0 Å². The van der Waals surface area contributed by atoms with E-state index in [2.05, 4.69) is 13.2 Å². The molecule has 0 aliphatic carbocycles. The molecule has 0 fully saturated rings. The molecule has 0 unspecified atom stereocenters. The first-order valence-electron chi connectivity index (χ1n) is 6.35. The summed E-state index contributed by atoms with van der Waals surface area (Å²) >= 11 is 0. The van der Waals surface area contributed by atoms with E-state index in [9.17, 15) is 9.59 Å². The number of aliphatic carboxylic acids is 2. The third kappa shape index (κ3) is 39.1. The zero-order valence-electron chi connectivity index (χ0n) is 13.1. The summed E-state index contributed by atoms with van der Waals surface area (Å²) in [5, 5.41) is 32.3. The van der Waals surface area contributed by atoms with Crippen molar-refractivity contribution < 1.29 is 39.5 Å². The number of rotatable bonds is 9. The minimum atomic E-state index is -0.935. The van der Waals surface area contributed by atoms with Crippen LogP contribution in [0.15, 0.2) is 24.3 Å². The Labute approximate surface area is 179 Å². The maximum atomic E-state index is 9.60. The first-order chi connectivity index (χ1) is 10.2. The fourth-order valence-corrected chi connectivity index (χ4v) is 0.451. The van der Waals surface area contributed by atoms with Crippen molar-refractivity contribution in [2.24, 2.45) is 0 Å². The van der Waals surface area contributed by atoms with Crippen LogP contribution in [-0.4, -0.2) is 123 Å². The summed E-state index contributed by atoms with van der Waals surface area (Å²) in [6.45, 7) is 10.9. The molecule has 0 heterocycles. The minimum absolute atomic E-state index is 0. The quantitative estimate of drug-likeness (QED) is 0.248. The number of hydrogen-bond acceptors (Lipinski definition) is 6. The molecule has 0 saturated carbocycles. The van der Waals surface area contributed by atoms with Crippen molar-refractivity contribution in [1.29, 1.82) is 0 Å². The summed E-state index contributed by atoms with van der Waals surface area (Å²) in [6, 6.07) is 0. The van der Waals surface area contributed by atoms with E-state index in [-0.39, 0.29) is 75.7 Å². The van der Waals surface area contributed by atoms with E-state index >= 15 is 0 Å². The number of carboxylic acids is 2. The van der Waals surface area contributed by atoms with Crippen LogP contribution in [-0.2, 0) is 19.1 Å². The van der Waals surface area contributed by atoms with Crippen molar-refractivity contribution in [2.45, 2.75) is 13.8 Å². The number of ether oxygens (including phenoxy) is 2. The van der Waals surface area contributed by atoms with Gasteiger partial charge in [-0.15, -0.1) is 0 Å². The Morgan fingerprint density at radius 2 is 1.00 bits per heavy atom. The number of carboxylic acid groups (broad SMARTS) is 2. The number of aliphatic hydroxyl groups excluding tert-OH is 2. The second kappa shape index (κ2) is 24.2. The zero-order valence-corrected chi connectivity index (χ0v) is 13.1. The summed E-state index contributed by atoms with van der Waals surface area (Å²) in [4.78, 5) is 19.2. The van der Waals surface area contributed by atoms with E-state index in [1.165, 1.54) is 13.8 Å². The van der Waals surface area contributed by atoms with Gasteiger partial charge in [0.05, 0.1) is 39.6 Å². The van der Waals surface area contributed by atoms with E-state index in [0.29, 0.717) is 26.4 Å². The van der Waals surface area contributed by atoms with Gasteiger partial charge < -0.3 is 29.9 Å². The van der Waals surface area contributed by atoms with Crippen LogP contribution in [0.2, 0.25) is 0 Å². The van der Waals surface area contributed by atoms with Gasteiger partial charge in [0.2, 0.25) is 0 Å². The van der Waals surface area contributed by atoms with E-state index in [1.807, 2.05) is 0 Å². The Hall–Kier alpha value is -0.104. The molecule has 0 aliphatic heterocycles. The summed E-state index contributed by atoms with van der Waals surface area (Å²) < 4.78 is 9.75. The molecule has 0 aromatic heterocycles. The van der Waals surface area contributed by atoms with Crippen molar-refractivity contribution >= 4 is 63.3 Å². The maximum absolute atomic E-state index is 9.60. The second-order valence-electron chi connectivity index (χ2n) is 3.84. The molecule has 9 heteroatoms. The molecule has 8 nitrogen and oxygen atoms in total. The fraction of sp³-hybridized carbons (Fsp3) is 0.571. The molecule has 0 bridgehead atoms. The Kier molecular flexibility index (Phi) is 32.3. The summed E-state index contributed by atoms with van der Waals surface area (Å²) in [6.07, 6.45) is 0. The molecule has 0 radical (unpaired) electrons. The van der Waals surface area contributed by atoms with Crippen molar-refractivity contribution in [1.82, 2.24) is 0 Å². The number of hydrogen-bond donors (Lipinski definition) is 4. The molecular weight excluding hydrogens is 335 g/mol. The van der Waals surface area contributed by atoms with Crippen molar-refractivity contribution in [3.05, 3.63) is 24.3 Å². The molecule has 0 amide bonds. The van der Waals surface area contributed by atoms with Crippen LogP contribution in [0.1, 0.15) is 13.8 Å². The van der Waals surface area contributed by atoms with Crippen LogP contribution in [0.25, 0.3) is 0 Å². The van der Waals surface area contributed by atoms with Crippen molar-refractivity contribution in [2.75, 3.05) is 39.6 Å². The summed E-state index contributed by atoms with van der Waals surface area (Å²) in [5.41, 5.74) is 0.352. The standard InChI is InChI=1S/C6H14O4.2C4H6O2.K.H/c7-1-3-9-5-6-10-4-2-8;2*1-3(2)4(5)6;;/h7-8H,1-6H2;2*1H2,2H3,(H,5,6);;. The predicted octanol–water partition coefficient (Wildman–Crippen LogP) is -0.350. The Bertz CT molecular complexity index is 275. The summed E-state index contributed by atoms with van der Waals surface area (Å²) in [5.74, 6) is -1.87. The van der Waals surface area contributed by atoms with Crippen molar-refractivity contribution in [3.63, 3.8) is 0 Å². The fourth-order valence-electron chi connectivity index (χ4n) is 0.451. The van der Waals surface area contributed by atoms with Gasteiger partial charge in [0.15, 0.2) is 0 Å². The molecule has 0 aromatic rings. The molecule has 0 rings (SSSR count). The third-order valence-electron chi connectivity index (χ3n) is 1.57. The van der Waals surface area contributed by atoms with E-state index in [4.69, 9.17) is 29.9 Å². The van der Waals surface area contributed by atoms with Gasteiger partial charge in [-0.05, 0) is 13.8 Å². The molecule has 0 aromatic carbocycles. The van der Waals surface area contributed by atoms with Gasteiger partial charge in [0, 0.05) is 11.1 Å². The second-order valence-corrected chi connectivity index (χ2v) is 3.84. The third-order valence-corrected chi connectivity index (χ3v) is 1.57. The monoisotopic (exact) mass is 362 g/mol. The molecule has 0 atom stereocenters. The molecule has 0 saturated heterocycles. The van der Waals surface area contributed by atoms with Crippen LogP contribution in [0.4, 0.5) is 0 Å². The van der Waals surface area contributed by atoms with Gasteiger partial charge in [-0.3, -0.25) is 0 Å². The first-order valence-corrected chi connectivity index (χ1v) is 6.35. The molecular formula is C14H27KO8. The van der Waals surface area contributed by atoms with Gasteiger partial charge in [-0.1, -0.05) is 13.2 Å². The molecule has 23 heavy (non-hydrogen) atoms. The van der Waals surface area contributed by atoms with E-state index < -0.39 is 11.9 Å². The molecule has 4 N–H and O–H groups in total. The Morgan fingerprint density at radius 3 is 1.13 bits per heavy atom. The van der Waals surface area contributed by atoms with Crippen LogP contribution in [0.5, 0.6) is 0 Å². The van der Waals surface area contributed by atoms with Crippen molar-refractivity contribution in [3.8, 4) is 0 Å². The molecule has 0 spiro atoms. The zero-order chi connectivity index (χ0) is 18.0. The number of carbonyl (C=O) groups is 2. The van der Waals surface area contributed by atoms with Gasteiger partial charge in [0.25, 0.3) is 0 Å². The Morgan fingerprint density at radius 1 is 0.783 bits per heavy atom. The van der Waals surface area contributed by atoms with Crippen LogP contribution in [0.3, 0.4) is 0 Å². The van der Waals surface area contributed by atoms with E-state index in [1.54, 1.807) is 0 Å². The van der Waals surface area contributed by atoms with E-state index in [0.717, 1.165) is 0 Å². The van der Waals surface area contributed by atoms with Crippen LogP contribution in [0, 0.1) is 0 Å². The van der Waals surface area contributed by atoms with Gasteiger partial charge >= 0.3 is 63.3 Å². The average Bonchev–Trinajstić information content (AvgIpc) is 2.44. The first kappa shape index (κ1) is 30.7. The number of aliphatic hydroxyl groups is 2. The van der Waals surface area contributed by atoms with Crippen LogP contribution >= 0.6 is 0 Å².